The smallest absolute Gasteiger partial charge is 0.191 e. The van der Waals surface area contributed by atoms with Crippen molar-refractivity contribution in [2.45, 2.75) is 4.90 Å². The highest BCUT2D eigenvalue weighted by Gasteiger charge is 1.97. The minimum Gasteiger partial charge on any atom is -0.356 e. The van der Waals surface area contributed by atoms with Crippen molar-refractivity contribution >= 4 is 41.1 Å². The predicted octanol–water partition coefficient (Wildman–Crippen LogP) is 2.96. The van der Waals surface area contributed by atoms with Crippen LogP contribution < -0.4 is 10.6 Å². The number of hydrogen-bond acceptors (Lipinski definition) is 3. The Bertz CT molecular complexity index is 382. The largest absolute Gasteiger partial charge is 0.356 e. The minimum absolute atomic E-state index is 0.779. The van der Waals surface area contributed by atoms with Crippen LogP contribution in [0.1, 0.15) is 0 Å². The molecule has 0 unspecified atom stereocenters. The third kappa shape index (κ3) is 7.60. The average molecular weight is 318 g/mol. The van der Waals surface area contributed by atoms with Crippen LogP contribution in [0.3, 0.4) is 0 Å². The van der Waals surface area contributed by atoms with Crippen molar-refractivity contribution in [3.63, 3.8) is 0 Å². The summed E-state index contributed by atoms with van der Waals surface area (Å²) in [6, 6.07) is 7.91. The summed E-state index contributed by atoms with van der Waals surface area (Å²) in [6.45, 7) is 1.82. The fourth-order valence-electron chi connectivity index (χ4n) is 1.36. The summed E-state index contributed by atoms with van der Waals surface area (Å²) < 4.78 is 0. The van der Waals surface area contributed by atoms with Gasteiger partial charge in [-0.05, 0) is 30.5 Å². The quantitative estimate of drug-likeness (QED) is 0.351. The molecule has 0 atom stereocenters. The molecule has 0 saturated carbocycles. The van der Waals surface area contributed by atoms with E-state index in [1.165, 1.54) is 4.90 Å². The molecule has 0 amide bonds. The summed E-state index contributed by atoms with van der Waals surface area (Å²) in [5.74, 6) is 2.94. The molecule has 0 aliphatic rings. The Morgan fingerprint density at radius 1 is 1.16 bits per heavy atom. The van der Waals surface area contributed by atoms with Gasteiger partial charge in [-0.25, -0.2) is 0 Å². The van der Waals surface area contributed by atoms with Crippen LogP contribution in [-0.2, 0) is 0 Å². The van der Waals surface area contributed by atoms with E-state index in [-0.39, 0.29) is 0 Å². The number of nitrogens with zero attached hydrogens (tertiary/aromatic N) is 1. The third-order valence-electron chi connectivity index (χ3n) is 2.30. The van der Waals surface area contributed by atoms with Crippen molar-refractivity contribution in [3.05, 3.63) is 29.3 Å². The first kappa shape index (κ1) is 16.5. The van der Waals surface area contributed by atoms with Gasteiger partial charge in [0.2, 0.25) is 0 Å². The Hall–Kier alpha value is -0.520. The highest BCUT2D eigenvalue weighted by atomic mass is 35.5. The van der Waals surface area contributed by atoms with Gasteiger partial charge < -0.3 is 10.6 Å². The molecule has 1 rings (SSSR count). The maximum Gasteiger partial charge on any atom is 0.191 e. The Morgan fingerprint density at radius 2 is 1.79 bits per heavy atom. The first-order chi connectivity index (χ1) is 9.26. The van der Waals surface area contributed by atoms with Gasteiger partial charge in [0.1, 0.15) is 0 Å². The molecule has 0 aliphatic carbocycles. The van der Waals surface area contributed by atoms with Crippen LogP contribution >= 0.6 is 35.1 Å². The number of benzene rings is 1. The second-order valence-electron chi connectivity index (χ2n) is 3.72. The number of nitrogens with one attached hydrogen (secondary N) is 2. The van der Waals surface area contributed by atoms with Gasteiger partial charge in [0.25, 0.3) is 0 Å². The van der Waals surface area contributed by atoms with Gasteiger partial charge in [-0.2, -0.15) is 11.8 Å². The molecule has 0 aromatic heterocycles. The van der Waals surface area contributed by atoms with Crippen LogP contribution in [0.5, 0.6) is 0 Å². The molecular formula is C13H20ClN3S2. The van der Waals surface area contributed by atoms with Gasteiger partial charge in [0.15, 0.2) is 5.96 Å². The van der Waals surface area contributed by atoms with E-state index in [1.54, 1.807) is 18.8 Å². The van der Waals surface area contributed by atoms with E-state index in [4.69, 9.17) is 11.6 Å². The summed E-state index contributed by atoms with van der Waals surface area (Å²) in [7, 11) is 1.79. The molecular weight excluding hydrogens is 298 g/mol. The van der Waals surface area contributed by atoms with E-state index >= 15 is 0 Å². The minimum atomic E-state index is 0.779. The molecule has 0 spiro atoms. The zero-order valence-electron chi connectivity index (χ0n) is 11.3. The van der Waals surface area contributed by atoms with Crippen LogP contribution in [-0.4, -0.2) is 43.9 Å². The van der Waals surface area contributed by atoms with Crippen LogP contribution in [0.4, 0.5) is 0 Å². The Labute approximate surface area is 129 Å². The standard InChI is InChI=1S/C13H20ClN3S2/c1-15-13(16-7-9-18-2)17-8-10-19-12-5-3-11(14)4-6-12/h3-6H,7-10H2,1-2H3,(H2,15,16,17). The van der Waals surface area contributed by atoms with Gasteiger partial charge in [-0.3, -0.25) is 4.99 Å². The fourth-order valence-corrected chi connectivity index (χ4v) is 2.56. The summed E-state index contributed by atoms with van der Waals surface area (Å²) in [6.07, 6.45) is 2.10. The Kier molecular flexibility index (Phi) is 8.95. The highest BCUT2D eigenvalue weighted by Crippen LogP contribution is 2.19. The van der Waals surface area contributed by atoms with Crippen molar-refractivity contribution in [2.75, 3.05) is 37.9 Å². The zero-order chi connectivity index (χ0) is 13.9. The molecule has 0 aliphatic heterocycles. The molecule has 106 valence electrons. The summed E-state index contributed by atoms with van der Waals surface area (Å²) >= 11 is 9.47. The van der Waals surface area contributed by atoms with Crippen molar-refractivity contribution in [1.29, 1.82) is 0 Å². The maximum absolute atomic E-state index is 5.85. The van der Waals surface area contributed by atoms with Crippen LogP contribution in [0.2, 0.25) is 5.02 Å². The molecule has 0 saturated heterocycles. The molecule has 0 fully saturated rings. The van der Waals surface area contributed by atoms with Gasteiger partial charge >= 0.3 is 0 Å². The fraction of sp³-hybridized carbons (Fsp3) is 0.462. The number of hydrogen-bond donors (Lipinski definition) is 2. The van der Waals surface area contributed by atoms with E-state index in [1.807, 2.05) is 36.0 Å². The molecule has 0 radical (unpaired) electrons. The molecule has 6 heteroatoms. The molecule has 19 heavy (non-hydrogen) atoms. The Morgan fingerprint density at radius 3 is 2.37 bits per heavy atom. The third-order valence-corrected chi connectivity index (χ3v) is 4.18. The lowest BCUT2D eigenvalue weighted by Gasteiger charge is -2.11. The molecule has 0 heterocycles. The summed E-state index contributed by atoms with van der Waals surface area (Å²) in [5.41, 5.74) is 0. The molecule has 1 aromatic carbocycles. The molecule has 1 aromatic rings. The molecule has 2 N–H and O–H groups in total. The summed E-state index contributed by atoms with van der Waals surface area (Å²) in [5, 5.41) is 7.34. The van der Waals surface area contributed by atoms with E-state index in [2.05, 4.69) is 21.9 Å². The monoisotopic (exact) mass is 317 g/mol. The van der Waals surface area contributed by atoms with Crippen molar-refractivity contribution < 1.29 is 0 Å². The van der Waals surface area contributed by atoms with E-state index in [0.717, 1.165) is 35.6 Å². The zero-order valence-corrected chi connectivity index (χ0v) is 13.7. The van der Waals surface area contributed by atoms with E-state index in [9.17, 15) is 0 Å². The van der Waals surface area contributed by atoms with Gasteiger partial charge in [0, 0.05) is 41.6 Å². The lowest BCUT2D eigenvalue weighted by atomic mass is 10.4. The van der Waals surface area contributed by atoms with Crippen molar-refractivity contribution in [3.8, 4) is 0 Å². The van der Waals surface area contributed by atoms with Gasteiger partial charge in [0.05, 0.1) is 0 Å². The van der Waals surface area contributed by atoms with E-state index in [0.29, 0.717) is 0 Å². The van der Waals surface area contributed by atoms with Crippen LogP contribution in [0, 0.1) is 0 Å². The second kappa shape index (κ2) is 10.3. The SMILES string of the molecule is CN=C(NCCSC)NCCSc1ccc(Cl)cc1. The first-order valence-electron chi connectivity index (χ1n) is 6.08. The van der Waals surface area contributed by atoms with Crippen LogP contribution in [0.15, 0.2) is 34.2 Å². The lowest BCUT2D eigenvalue weighted by Crippen LogP contribution is -2.39. The number of halogens is 1. The first-order valence-corrected chi connectivity index (χ1v) is 8.84. The Balaban J connectivity index is 2.16. The number of thioether (sulfide) groups is 2. The molecule has 3 nitrogen and oxygen atoms in total. The van der Waals surface area contributed by atoms with E-state index < -0.39 is 0 Å². The summed E-state index contributed by atoms with van der Waals surface area (Å²) in [4.78, 5) is 5.41. The topological polar surface area (TPSA) is 36.4 Å². The van der Waals surface area contributed by atoms with Crippen LogP contribution in [0.25, 0.3) is 0 Å². The highest BCUT2D eigenvalue weighted by molar-refractivity contribution is 7.99. The average Bonchev–Trinajstić information content (AvgIpc) is 2.43. The maximum atomic E-state index is 5.85. The lowest BCUT2D eigenvalue weighted by molar-refractivity contribution is 0.864. The number of rotatable bonds is 7. The second-order valence-corrected chi connectivity index (χ2v) is 6.31. The van der Waals surface area contributed by atoms with Crippen molar-refractivity contribution in [2.24, 2.45) is 4.99 Å². The number of guanidine groups is 1. The predicted molar refractivity (Wildman–Crippen MR) is 89.9 cm³/mol. The molecule has 0 bridgehead atoms. The number of aliphatic imine (C=N–C) groups is 1. The normalized spacial score (nSPS) is 11.4. The van der Waals surface area contributed by atoms with Gasteiger partial charge in [-0.1, -0.05) is 11.6 Å². The van der Waals surface area contributed by atoms with Crippen molar-refractivity contribution in [1.82, 2.24) is 10.6 Å². The van der Waals surface area contributed by atoms with Gasteiger partial charge in [-0.15, -0.1) is 11.8 Å².